The smallest absolute Gasteiger partial charge is 0.0469 e. The van der Waals surface area contributed by atoms with Crippen LogP contribution in [0.15, 0.2) is 0 Å². The number of hydrogen-bond acceptors (Lipinski definition) is 3. The SMILES string of the molecule is CCN1CCC(NC(C)C2CCOCC2)CC1. The Labute approximate surface area is 106 Å². The molecule has 1 unspecified atom stereocenters. The van der Waals surface area contributed by atoms with Crippen LogP contribution in [-0.4, -0.2) is 49.8 Å². The van der Waals surface area contributed by atoms with Gasteiger partial charge in [-0.1, -0.05) is 6.92 Å². The maximum absolute atomic E-state index is 5.43. The first-order valence-electron chi connectivity index (χ1n) is 7.35. The van der Waals surface area contributed by atoms with Crippen LogP contribution in [0.4, 0.5) is 0 Å². The quantitative estimate of drug-likeness (QED) is 0.812. The molecule has 2 fully saturated rings. The molecule has 0 aromatic rings. The molecule has 1 N–H and O–H groups in total. The van der Waals surface area contributed by atoms with Gasteiger partial charge in [-0.3, -0.25) is 0 Å². The number of likely N-dealkylation sites (tertiary alicyclic amines) is 1. The molecule has 0 aromatic carbocycles. The predicted molar refractivity (Wildman–Crippen MR) is 71.3 cm³/mol. The minimum absolute atomic E-state index is 0.664. The second-order valence-corrected chi connectivity index (χ2v) is 5.61. The highest BCUT2D eigenvalue weighted by Gasteiger charge is 2.24. The molecular formula is C14H28N2O. The van der Waals surface area contributed by atoms with E-state index in [1.54, 1.807) is 0 Å². The van der Waals surface area contributed by atoms with Crippen LogP contribution >= 0.6 is 0 Å². The summed E-state index contributed by atoms with van der Waals surface area (Å²) in [5.41, 5.74) is 0. The maximum Gasteiger partial charge on any atom is 0.0469 e. The van der Waals surface area contributed by atoms with Gasteiger partial charge in [0, 0.05) is 25.3 Å². The van der Waals surface area contributed by atoms with Crippen molar-refractivity contribution in [2.24, 2.45) is 5.92 Å². The van der Waals surface area contributed by atoms with Gasteiger partial charge in [0.25, 0.3) is 0 Å². The predicted octanol–water partition coefficient (Wildman–Crippen LogP) is 1.88. The van der Waals surface area contributed by atoms with E-state index < -0.39 is 0 Å². The zero-order valence-electron chi connectivity index (χ0n) is 11.5. The minimum Gasteiger partial charge on any atom is -0.381 e. The lowest BCUT2D eigenvalue weighted by Gasteiger charge is -2.36. The highest BCUT2D eigenvalue weighted by molar-refractivity contribution is 4.82. The number of rotatable bonds is 4. The van der Waals surface area contributed by atoms with Crippen LogP contribution in [0, 0.1) is 5.92 Å². The molecule has 1 atom stereocenters. The fraction of sp³-hybridized carbons (Fsp3) is 1.00. The van der Waals surface area contributed by atoms with Crippen molar-refractivity contribution >= 4 is 0 Å². The first kappa shape index (κ1) is 13.3. The normalized spacial score (nSPS) is 27.2. The summed E-state index contributed by atoms with van der Waals surface area (Å²) in [7, 11) is 0. The molecule has 2 heterocycles. The fourth-order valence-electron chi connectivity index (χ4n) is 3.14. The molecule has 0 bridgehead atoms. The van der Waals surface area contributed by atoms with Crippen molar-refractivity contribution in [2.75, 3.05) is 32.8 Å². The number of hydrogen-bond donors (Lipinski definition) is 1. The summed E-state index contributed by atoms with van der Waals surface area (Å²) in [6.07, 6.45) is 5.12. The Morgan fingerprint density at radius 2 is 1.82 bits per heavy atom. The zero-order valence-corrected chi connectivity index (χ0v) is 11.5. The van der Waals surface area contributed by atoms with Crippen molar-refractivity contribution in [3.63, 3.8) is 0 Å². The van der Waals surface area contributed by atoms with Gasteiger partial charge < -0.3 is 15.0 Å². The molecule has 2 aliphatic heterocycles. The van der Waals surface area contributed by atoms with Crippen LogP contribution in [0.1, 0.15) is 39.5 Å². The molecule has 2 saturated heterocycles. The second-order valence-electron chi connectivity index (χ2n) is 5.61. The van der Waals surface area contributed by atoms with E-state index in [4.69, 9.17) is 4.74 Å². The van der Waals surface area contributed by atoms with Gasteiger partial charge in [-0.05, 0) is 58.2 Å². The van der Waals surface area contributed by atoms with E-state index >= 15 is 0 Å². The van der Waals surface area contributed by atoms with Crippen LogP contribution in [-0.2, 0) is 4.74 Å². The lowest BCUT2D eigenvalue weighted by molar-refractivity contribution is 0.0526. The Hall–Kier alpha value is -0.120. The first-order chi connectivity index (χ1) is 8.29. The van der Waals surface area contributed by atoms with Crippen LogP contribution in [0.5, 0.6) is 0 Å². The number of nitrogens with one attached hydrogen (secondary N) is 1. The van der Waals surface area contributed by atoms with Crippen LogP contribution in [0.25, 0.3) is 0 Å². The topological polar surface area (TPSA) is 24.5 Å². The number of ether oxygens (including phenoxy) is 1. The van der Waals surface area contributed by atoms with Crippen LogP contribution < -0.4 is 5.32 Å². The molecule has 3 heteroatoms. The molecular weight excluding hydrogens is 212 g/mol. The Bertz CT molecular complexity index is 208. The van der Waals surface area contributed by atoms with Crippen molar-refractivity contribution in [1.82, 2.24) is 10.2 Å². The second kappa shape index (κ2) is 6.72. The maximum atomic E-state index is 5.43. The molecule has 0 aliphatic carbocycles. The van der Waals surface area contributed by atoms with Gasteiger partial charge in [0.2, 0.25) is 0 Å². The third kappa shape index (κ3) is 3.94. The van der Waals surface area contributed by atoms with Gasteiger partial charge in [-0.25, -0.2) is 0 Å². The average molecular weight is 240 g/mol. The lowest BCUT2D eigenvalue weighted by Crippen LogP contribution is -2.48. The molecule has 3 nitrogen and oxygen atoms in total. The molecule has 0 saturated carbocycles. The summed E-state index contributed by atoms with van der Waals surface area (Å²) in [4.78, 5) is 2.55. The summed E-state index contributed by atoms with van der Waals surface area (Å²) in [5, 5.41) is 3.85. The van der Waals surface area contributed by atoms with Gasteiger partial charge in [0.15, 0.2) is 0 Å². The van der Waals surface area contributed by atoms with Gasteiger partial charge in [0.05, 0.1) is 0 Å². The molecule has 2 aliphatic rings. The van der Waals surface area contributed by atoms with Crippen LogP contribution in [0.3, 0.4) is 0 Å². The summed E-state index contributed by atoms with van der Waals surface area (Å²) >= 11 is 0. The van der Waals surface area contributed by atoms with E-state index in [9.17, 15) is 0 Å². The summed E-state index contributed by atoms with van der Waals surface area (Å²) in [6, 6.07) is 1.41. The molecule has 0 aromatic heterocycles. The van der Waals surface area contributed by atoms with Gasteiger partial charge >= 0.3 is 0 Å². The van der Waals surface area contributed by atoms with E-state index in [-0.39, 0.29) is 0 Å². The van der Waals surface area contributed by atoms with Crippen molar-refractivity contribution in [3.8, 4) is 0 Å². The average Bonchev–Trinajstić information content (AvgIpc) is 2.40. The van der Waals surface area contributed by atoms with Gasteiger partial charge in [0.1, 0.15) is 0 Å². The standard InChI is InChI=1S/C14H28N2O/c1-3-16-8-4-14(5-9-16)15-12(2)13-6-10-17-11-7-13/h12-15H,3-11H2,1-2H3. The van der Waals surface area contributed by atoms with Gasteiger partial charge in [-0.2, -0.15) is 0 Å². The summed E-state index contributed by atoms with van der Waals surface area (Å²) < 4.78 is 5.43. The van der Waals surface area contributed by atoms with Crippen molar-refractivity contribution in [1.29, 1.82) is 0 Å². The zero-order chi connectivity index (χ0) is 12.1. The minimum atomic E-state index is 0.664. The number of piperidine rings is 1. The summed E-state index contributed by atoms with van der Waals surface area (Å²) in [5.74, 6) is 0.827. The highest BCUT2D eigenvalue weighted by Crippen LogP contribution is 2.20. The van der Waals surface area contributed by atoms with E-state index in [1.807, 2.05) is 0 Å². The van der Waals surface area contributed by atoms with E-state index in [0.717, 1.165) is 25.2 Å². The lowest BCUT2D eigenvalue weighted by atomic mass is 9.91. The van der Waals surface area contributed by atoms with Crippen molar-refractivity contribution in [2.45, 2.75) is 51.6 Å². The van der Waals surface area contributed by atoms with Crippen molar-refractivity contribution in [3.05, 3.63) is 0 Å². The fourth-order valence-corrected chi connectivity index (χ4v) is 3.14. The Morgan fingerprint density at radius 1 is 1.18 bits per heavy atom. The molecule has 0 radical (unpaired) electrons. The van der Waals surface area contributed by atoms with E-state index in [2.05, 4.69) is 24.1 Å². The van der Waals surface area contributed by atoms with E-state index in [0.29, 0.717) is 6.04 Å². The summed E-state index contributed by atoms with van der Waals surface area (Å²) in [6.45, 7) is 10.3. The van der Waals surface area contributed by atoms with Gasteiger partial charge in [-0.15, -0.1) is 0 Å². The molecule has 100 valence electrons. The first-order valence-corrected chi connectivity index (χ1v) is 7.35. The Morgan fingerprint density at radius 3 is 2.41 bits per heavy atom. The molecule has 0 amide bonds. The van der Waals surface area contributed by atoms with Crippen molar-refractivity contribution < 1.29 is 4.74 Å². The Kier molecular flexibility index (Phi) is 5.26. The largest absolute Gasteiger partial charge is 0.381 e. The van der Waals surface area contributed by atoms with E-state index in [1.165, 1.54) is 45.3 Å². The molecule has 0 spiro atoms. The molecule has 2 rings (SSSR count). The molecule has 17 heavy (non-hydrogen) atoms. The number of nitrogens with zero attached hydrogens (tertiary/aromatic N) is 1. The highest BCUT2D eigenvalue weighted by atomic mass is 16.5. The monoisotopic (exact) mass is 240 g/mol. The Balaban J connectivity index is 1.69. The van der Waals surface area contributed by atoms with Crippen LogP contribution in [0.2, 0.25) is 0 Å². The third-order valence-corrected chi connectivity index (χ3v) is 4.51. The third-order valence-electron chi connectivity index (χ3n) is 4.51.